The van der Waals surface area contributed by atoms with Crippen LogP contribution in [-0.2, 0) is 0 Å². The van der Waals surface area contributed by atoms with Crippen LogP contribution in [0.15, 0.2) is 17.0 Å². The first-order valence-electron chi connectivity index (χ1n) is 4.76. The molecule has 1 aromatic rings. The molecule has 15 heavy (non-hydrogen) atoms. The van der Waals surface area contributed by atoms with Gasteiger partial charge in [-0.15, -0.1) is 11.8 Å². The van der Waals surface area contributed by atoms with Gasteiger partial charge in [-0.1, -0.05) is 0 Å². The second-order valence-corrected chi connectivity index (χ2v) is 4.26. The van der Waals surface area contributed by atoms with Crippen molar-refractivity contribution in [1.29, 1.82) is 0 Å². The molecule has 84 valence electrons. The minimum Gasteiger partial charge on any atom is -0.387 e. The van der Waals surface area contributed by atoms with Crippen LogP contribution in [0.1, 0.15) is 17.2 Å². The van der Waals surface area contributed by atoms with Crippen molar-refractivity contribution in [2.24, 2.45) is 0 Å². The molecule has 0 heterocycles. The number of halogens is 1. The molecule has 1 rings (SSSR count). The number of benzene rings is 1. The number of hydrogen-bond donors (Lipinski definition) is 2. The first-order chi connectivity index (χ1) is 7.10. The number of thioether (sulfide) groups is 1. The topological polar surface area (TPSA) is 32.3 Å². The van der Waals surface area contributed by atoms with E-state index in [9.17, 15) is 9.50 Å². The summed E-state index contributed by atoms with van der Waals surface area (Å²) in [5.74, 6) is -0.340. The molecule has 1 atom stereocenters. The van der Waals surface area contributed by atoms with Crippen LogP contribution in [-0.4, -0.2) is 25.0 Å². The van der Waals surface area contributed by atoms with Gasteiger partial charge in [0.15, 0.2) is 0 Å². The van der Waals surface area contributed by atoms with Gasteiger partial charge in [0.05, 0.1) is 6.10 Å². The third-order valence-corrected chi connectivity index (χ3v) is 3.15. The largest absolute Gasteiger partial charge is 0.387 e. The van der Waals surface area contributed by atoms with Crippen molar-refractivity contribution in [2.45, 2.75) is 17.9 Å². The van der Waals surface area contributed by atoms with E-state index in [4.69, 9.17) is 0 Å². The standard InChI is InChI=1S/C11H16FNOS/c1-7-4-9(12)8(5-11(7)15-3)10(14)6-13-2/h4-5,10,13-14H,6H2,1-3H3. The summed E-state index contributed by atoms with van der Waals surface area (Å²) in [5.41, 5.74) is 1.26. The molecule has 0 aromatic heterocycles. The van der Waals surface area contributed by atoms with Gasteiger partial charge in [0, 0.05) is 17.0 Å². The van der Waals surface area contributed by atoms with Crippen molar-refractivity contribution in [3.05, 3.63) is 29.1 Å². The Hall–Kier alpha value is -0.580. The predicted octanol–water partition coefficient (Wildman–Crippen LogP) is 2.11. The van der Waals surface area contributed by atoms with E-state index in [0.717, 1.165) is 10.5 Å². The molecule has 0 fully saturated rings. The average Bonchev–Trinajstić information content (AvgIpc) is 2.18. The van der Waals surface area contributed by atoms with Crippen LogP contribution >= 0.6 is 11.8 Å². The maximum absolute atomic E-state index is 13.5. The van der Waals surface area contributed by atoms with E-state index in [1.165, 1.54) is 6.07 Å². The summed E-state index contributed by atoms with van der Waals surface area (Å²) in [6, 6.07) is 3.19. The molecular formula is C11H16FNOS. The van der Waals surface area contributed by atoms with E-state index in [0.29, 0.717) is 12.1 Å². The fourth-order valence-corrected chi connectivity index (χ4v) is 2.07. The Kier molecular flexibility index (Phi) is 4.57. The second-order valence-electron chi connectivity index (χ2n) is 3.42. The van der Waals surface area contributed by atoms with Crippen molar-refractivity contribution in [2.75, 3.05) is 19.8 Å². The van der Waals surface area contributed by atoms with Crippen LogP contribution in [0.4, 0.5) is 4.39 Å². The van der Waals surface area contributed by atoms with E-state index in [-0.39, 0.29) is 5.82 Å². The van der Waals surface area contributed by atoms with Crippen molar-refractivity contribution in [1.82, 2.24) is 5.32 Å². The van der Waals surface area contributed by atoms with Crippen LogP contribution in [0.25, 0.3) is 0 Å². The first kappa shape index (κ1) is 12.5. The lowest BCUT2D eigenvalue weighted by molar-refractivity contribution is 0.172. The van der Waals surface area contributed by atoms with Crippen molar-refractivity contribution in [3.63, 3.8) is 0 Å². The number of aliphatic hydroxyl groups is 1. The summed E-state index contributed by atoms with van der Waals surface area (Å²) in [6.45, 7) is 2.22. The maximum Gasteiger partial charge on any atom is 0.129 e. The molecule has 0 aliphatic heterocycles. The van der Waals surface area contributed by atoms with E-state index in [1.54, 1.807) is 24.9 Å². The first-order valence-corrected chi connectivity index (χ1v) is 5.99. The Bertz CT molecular complexity index is 344. The van der Waals surface area contributed by atoms with Crippen molar-refractivity contribution < 1.29 is 9.50 Å². The number of nitrogens with one attached hydrogen (secondary N) is 1. The smallest absolute Gasteiger partial charge is 0.129 e. The van der Waals surface area contributed by atoms with Crippen molar-refractivity contribution >= 4 is 11.8 Å². The Labute approximate surface area is 93.9 Å². The highest BCUT2D eigenvalue weighted by molar-refractivity contribution is 7.98. The second kappa shape index (κ2) is 5.49. The Balaban J connectivity index is 3.06. The Morgan fingerprint density at radius 2 is 2.20 bits per heavy atom. The van der Waals surface area contributed by atoms with E-state index in [1.807, 2.05) is 13.2 Å². The molecule has 2 N–H and O–H groups in total. The summed E-state index contributed by atoms with van der Waals surface area (Å²) in [4.78, 5) is 1.00. The van der Waals surface area contributed by atoms with Gasteiger partial charge < -0.3 is 10.4 Å². The summed E-state index contributed by atoms with van der Waals surface area (Å²) in [5, 5.41) is 12.5. The van der Waals surface area contributed by atoms with Crippen LogP contribution in [0.2, 0.25) is 0 Å². The minimum atomic E-state index is -0.790. The van der Waals surface area contributed by atoms with Gasteiger partial charge in [-0.05, 0) is 37.9 Å². The van der Waals surface area contributed by atoms with E-state index in [2.05, 4.69) is 5.32 Å². The highest BCUT2D eigenvalue weighted by Gasteiger charge is 2.14. The monoisotopic (exact) mass is 229 g/mol. The lowest BCUT2D eigenvalue weighted by Gasteiger charge is -2.13. The molecule has 0 aliphatic rings. The van der Waals surface area contributed by atoms with Gasteiger partial charge >= 0.3 is 0 Å². The third kappa shape index (κ3) is 2.93. The molecule has 0 amide bonds. The fraction of sp³-hybridized carbons (Fsp3) is 0.455. The Morgan fingerprint density at radius 1 is 1.53 bits per heavy atom. The van der Waals surface area contributed by atoms with E-state index < -0.39 is 6.10 Å². The summed E-state index contributed by atoms with van der Waals surface area (Å²) in [7, 11) is 1.73. The quantitative estimate of drug-likeness (QED) is 0.776. The molecule has 0 radical (unpaired) electrons. The number of aryl methyl sites for hydroxylation is 1. The molecule has 1 unspecified atom stereocenters. The molecule has 2 nitrogen and oxygen atoms in total. The molecule has 0 spiro atoms. The summed E-state index contributed by atoms with van der Waals surface area (Å²) in [6.07, 6.45) is 1.15. The van der Waals surface area contributed by atoms with Gasteiger partial charge in [-0.2, -0.15) is 0 Å². The number of hydrogen-bond acceptors (Lipinski definition) is 3. The lowest BCUT2D eigenvalue weighted by Crippen LogP contribution is -2.17. The number of likely N-dealkylation sites (N-methyl/N-ethyl adjacent to an activating group) is 1. The lowest BCUT2D eigenvalue weighted by atomic mass is 10.1. The number of rotatable bonds is 4. The minimum absolute atomic E-state index is 0.340. The molecule has 0 aliphatic carbocycles. The molecule has 0 saturated heterocycles. The van der Waals surface area contributed by atoms with Crippen molar-refractivity contribution in [3.8, 4) is 0 Å². The molecule has 4 heteroatoms. The highest BCUT2D eigenvalue weighted by Crippen LogP contribution is 2.26. The van der Waals surface area contributed by atoms with Gasteiger partial charge in [-0.3, -0.25) is 0 Å². The van der Waals surface area contributed by atoms with Gasteiger partial charge in [0.25, 0.3) is 0 Å². The summed E-state index contributed by atoms with van der Waals surface area (Å²) < 4.78 is 13.5. The predicted molar refractivity (Wildman–Crippen MR) is 61.8 cm³/mol. The molecule has 1 aromatic carbocycles. The fourth-order valence-electron chi connectivity index (χ4n) is 1.45. The SMILES string of the molecule is CNCC(O)c1cc(SC)c(C)cc1F. The summed E-state index contributed by atoms with van der Waals surface area (Å²) >= 11 is 1.56. The highest BCUT2D eigenvalue weighted by atomic mass is 32.2. The zero-order valence-electron chi connectivity index (χ0n) is 9.17. The number of aliphatic hydroxyl groups excluding tert-OH is 1. The van der Waals surface area contributed by atoms with Crippen LogP contribution in [0.5, 0.6) is 0 Å². The molecule has 0 bridgehead atoms. The van der Waals surface area contributed by atoms with Gasteiger partial charge in [0.1, 0.15) is 5.82 Å². The maximum atomic E-state index is 13.5. The third-order valence-electron chi connectivity index (χ3n) is 2.27. The van der Waals surface area contributed by atoms with Crippen LogP contribution in [0.3, 0.4) is 0 Å². The van der Waals surface area contributed by atoms with Gasteiger partial charge in [-0.25, -0.2) is 4.39 Å². The van der Waals surface area contributed by atoms with Crippen LogP contribution in [0, 0.1) is 12.7 Å². The van der Waals surface area contributed by atoms with Crippen LogP contribution < -0.4 is 5.32 Å². The normalized spacial score (nSPS) is 12.9. The molecule has 0 saturated carbocycles. The van der Waals surface area contributed by atoms with Gasteiger partial charge in [0.2, 0.25) is 0 Å². The Morgan fingerprint density at radius 3 is 2.73 bits per heavy atom. The zero-order chi connectivity index (χ0) is 11.4. The average molecular weight is 229 g/mol. The zero-order valence-corrected chi connectivity index (χ0v) is 9.99. The molecular weight excluding hydrogens is 213 g/mol. The van der Waals surface area contributed by atoms with E-state index >= 15 is 0 Å².